The van der Waals surface area contributed by atoms with Crippen LogP contribution in [0.25, 0.3) is 0 Å². The number of rotatable bonds is 3. The number of hydrogen-bond donors (Lipinski definition) is 1. The molecule has 0 aliphatic carbocycles. The zero-order chi connectivity index (χ0) is 17.1. The summed E-state index contributed by atoms with van der Waals surface area (Å²) in [5, 5.41) is 6.82. The molecule has 0 atom stereocenters. The largest absolute Gasteiger partial charge is 0.361 e. The van der Waals surface area contributed by atoms with E-state index in [9.17, 15) is 9.59 Å². The molecule has 1 saturated heterocycles. The lowest BCUT2D eigenvalue weighted by Crippen LogP contribution is -2.46. The smallest absolute Gasteiger partial charge is 0.276 e. The van der Waals surface area contributed by atoms with Crippen molar-refractivity contribution < 1.29 is 14.1 Å². The second-order valence-electron chi connectivity index (χ2n) is 6.23. The number of benzene rings is 1. The van der Waals surface area contributed by atoms with Gasteiger partial charge in [0.05, 0.1) is 0 Å². The SMILES string of the molecule is Cc1ccc(C(=O)NC2CCN(C(=O)c3cc(C)on3)CC2)cc1. The summed E-state index contributed by atoms with van der Waals surface area (Å²) in [4.78, 5) is 26.3. The maximum absolute atomic E-state index is 12.3. The van der Waals surface area contributed by atoms with Crippen LogP contribution in [0.15, 0.2) is 34.9 Å². The van der Waals surface area contributed by atoms with Gasteiger partial charge in [-0.3, -0.25) is 9.59 Å². The van der Waals surface area contributed by atoms with Gasteiger partial charge in [0.1, 0.15) is 5.76 Å². The Balaban J connectivity index is 1.52. The van der Waals surface area contributed by atoms with Crippen LogP contribution in [0.2, 0.25) is 0 Å². The van der Waals surface area contributed by atoms with Crippen LogP contribution >= 0.6 is 0 Å². The summed E-state index contributed by atoms with van der Waals surface area (Å²) in [5.74, 6) is 0.445. The molecule has 0 saturated carbocycles. The highest BCUT2D eigenvalue weighted by Gasteiger charge is 2.26. The predicted octanol–water partition coefficient (Wildman–Crippen LogP) is 2.33. The maximum atomic E-state index is 12.3. The molecule has 6 heteroatoms. The normalized spacial score (nSPS) is 15.3. The molecule has 1 aliphatic rings. The van der Waals surface area contributed by atoms with E-state index in [0.29, 0.717) is 30.1 Å². The van der Waals surface area contributed by atoms with Gasteiger partial charge in [0, 0.05) is 30.8 Å². The average molecular weight is 327 g/mol. The summed E-state index contributed by atoms with van der Waals surface area (Å²) in [6.07, 6.45) is 1.47. The number of hydrogen-bond acceptors (Lipinski definition) is 4. The lowest BCUT2D eigenvalue weighted by Gasteiger charge is -2.31. The van der Waals surface area contributed by atoms with Crippen molar-refractivity contribution in [3.8, 4) is 0 Å². The minimum Gasteiger partial charge on any atom is -0.361 e. The molecule has 0 bridgehead atoms. The minimum atomic E-state index is -0.116. The fourth-order valence-electron chi connectivity index (χ4n) is 2.83. The third kappa shape index (κ3) is 3.64. The van der Waals surface area contributed by atoms with E-state index in [0.717, 1.165) is 18.4 Å². The third-order valence-corrected chi connectivity index (χ3v) is 4.28. The quantitative estimate of drug-likeness (QED) is 0.939. The standard InChI is InChI=1S/C18H21N3O3/c1-12-3-5-14(6-4-12)17(22)19-15-7-9-21(10-8-15)18(23)16-11-13(2)24-20-16/h3-6,11,15H,7-10H2,1-2H3,(H,19,22). The molecule has 2 heterocycles. The molecule has 6 nitrogen and oxygen atoms in total. The number of nitrogens with zero attached hydrogens (tertiary/aromatic N) is 2. The molecule has 2 aromatic rings. The Bertz CT molecular complexity index is 728. The van der Waals surface area contributed by atoms with Crippen LogP contribution in [-0.2, 0) is 0 Å². The van der Waals surface area contributed by atoms with E-state index in [-0.39, 0.29) is 17.9 Å². The first kappa shape index (κ1) is 16.2. The maximum Gasteiger partial charge on any atom is 0.276 e. The first-order valence-corrected chi connectivity index (χ1v) is 8.13. The van der Waals surface area contributed by atoms with Gasteiger partial charge in [0.2, 0.25) is 0 Å². The monoisotopic (exact) mass is 327 g/mol. The summed E-state index contributed by atoms with van der Waals surface area (Å²) in [7, 11) is 0. The van der Waals surface area contributed by atoms with Crippen LogP contribution in [0.5, 0.6) is 0 Å². The van der Waals surface area contributed by atoms with E-state index in [1.807, 2.05) is 31.2 Å². The summed E-state index contributed by atoms with van der Waals surface area (Å²) < 4.78 is 4.95. The van der Waals surface area contributed by atoms with Gasteiger partial charge in [0.15, 0.2) is 5.69 Å². The zero-order valence-corrected chi connectivity index (χ0v) is 13.9. The topological polar surface area (TPSA) is 75.4 Å². The van der Waals surface area contributed by atoms with Crippen LogP contribution < -0.4 is 5.32 Å². The van der Waals surface area contributed by atoms with Crippen molar-refractivity contribution in [1.29, 1.82) is 0 Å². The van der Waals surface area contributed by atoms with E-state index in [1.165, 1.54) is 0 Å². The lowest BCUT2D eigenvalue weighted by atomic mass is 10.0. The van der Waals surface area contributed by atoms with Crippen molar-refractivity contribution in [2.45, 2.75) is 32.7 Å². The third-order valence-electron chi connectivity index (χ3n) is 4.28. The van der Waals surface area contributed by atoms with E-state index < -0.39 is 0 Å². The van der Waals surface area contributed by atoms with Gasteiger partial charge in [-0.2, -0.15) is 0 Å². The number of nitrogens with one attached hydrogen (secondary N) is 1. The molecule has 1 aliphatic heterocycles. The van der Waals surface area contributed by atoms with Gasteiger partial charge in [-0.05, 0) is 38.8 Å². The van der Waals surface area contributed by atoms with Crippen LogP contribution in [0.3, 0.4) is 0 Å². The predicted molar refractivity (Wildman–Crippen MR) is 88.8 cm³/mol. The number of aromatic nitrogens is 1. The van der Waals surface area contributed by atoms with Crippen molar-refractivity contribution >= 4 is 11.8 Å². The molecule has 0 unspecified atom stereocenters. The number of likely N-dealkylation sites (tertiary alicyclic amines) is 1. The second kappa shape index (κ2) is 6.86. The van der Waals surface area contributed by atoms with Crippen molar-refractivity contribution in [2.75, 3.05) is 13.1 Å². The summed E-state index contributed by atoms with van der Waals surface area (Å²) in [6.45, 7) is 4.95. The molecule has 0 spiro atoms. The molecule has 1 aromatic heterocycles. The first-order valence-electron chi connectivity index (χ1n) is 8.13. The Morgan fingerprint density at radius 3 is 2.42 bits per heavy atom. The molecule has 24 heavy (non-hydrogen) atoms. The zero-order valence-electron chi connectivity index (χ0n) is 13.9. The van der Waals surface area contributed by atoms with Crippen LogP contribution in [0.4, 0.5) is 0 Å². The van der Waals surface area contributed by atoms with Crippen molar-refractivity contribution in [1.82, 2.24) is 15.4 Å². The van der Waals surface area contributed by atoms with E-state index in [4.69, 9.17) is 4.52 Å². The highest BCUT2D eigenvalue weighted by atomic mass is 16.5. The van der Waals surface area contributed by atoms with Crippen LogP contribution in [0.1, 0.15) is 45.0 Å². The van der Waals surface area contributed by atoms with Gasteiger partial charge in [0.25, 0.3) is 11.8 Å². The molecule has 1 fully saturated rings. The molecule has 3 rings (SSSR count). The van der Waals surface area contributed by atoms with E-state index >= 15 is 0 Å². The summed E-state index contributed by atoms with van der Waals surface area (Å²) >= 11 is 0. The summed E-state index contributed by atoms with van der Waals surface area (Å²) in [5.41, 5.74) is 2.13. The van der Waals surface area contributed by atoms with Gasteiger partial charge in [-0.15, -0.1) is 0 Å². The molecule has 126 valence electrons. The molecular weight excluding hydrogens is 306 g/mol. The molecule has 1 aromatic carbocycles. The first-order chi connectivity index (χ1) is 11.5. The fraction of sp³-hybridized carbons (Fsp3) is 0.389. The number of carbonyl (C=O) groups is 2. The van der Waals surface area contributed by atoms with Gasteiger partial charge < -0.3 is 14.7 Å². The Kier molecular flexibility index (Phi) is 4.64. The van der Waals surface area contributed by atoms with Gasteiger partial charge >= 0.3 is 0 Å². The fourth-order valence-corrected chi connectivity index (χ4v) is 2.83. The molecule has 2 amide bonds. The Hall–Kier alpha value is -2.63. The highest BCUT2D eigenvalue weighted by Crippen LogP contribution is 2.15. The van der Waals surface area contributed by atoms with Gasteiger partial charge in [-0.25, -0.2) is 0 Å². The van der Waals surface area contributed by atoms with Crippen molar-refractivity contribution in [3.05, 3.63) is 52.9 Å². The van der Waals surface area contributed by atoms with E-state index in [2.05, 4.69) is 10.5 Å². The number of aryl methyl sites for hydroxylation is 2. The second-order valence-corrected chi connectivity index (χ2v) is 6.23. The molecule has 0 radical (unpaired) electrons. The number of amides is 2. The highest BCUT2D eigenvalue weighted by molar-refractivity contribution is 5.94. The summed E-state index contributed by atoms with van der Waals surface area (Å²) in [6, 6.07) is 9.24. The van der Waals surface area contributed by atoms with Crippen LogP contribution in [-0.4, -0.2) is 41.0 Å². The van der Waals surface area contributed by atoms with Gasteiger partial charge in [-0.1, -0.05) is 22.9 Å². The van der Waals surface area contributed by atoms with Crippen molar-refractivity contribution in [2.24, 2.45) is 0 Å². The molecular formula is C18H21N3O3. The minimum absolute atomic E-state index is 0.0631. The number of carbonyl (C=O) groups excluding carboxylic acids is 2. The Morgan fingerprint density at radius 1 is 1.17 bits per heavy atom. The Labute approximate surface area is 140 Å². The lowest BCUT2D eigenvalue weighted by molar-refractivity contribution is 0.0688. The number of piperidine rings is 1. The molecule has 1 N–H and O–H groups in total. The Morgan fingerprint density at radius 2 is 1.83 bits per heavy atom. The average Bonchev–Trinajstić information content (AvgIpc) is 3.02. The van der Waals surface area contributed by atoms with Crippen LogP contribution in [0, 0.1) is 13.8 Å². The van der Waals surface area contributed by atoms with E-state index in [1.54, 1.807) is 17.9 Å². The van der Waals surface area contributed by atoms with Crippen molar-refractivity contribution in [3.63, 3.8) is 0 Å².